The van der Waals surface area contributed by atoms with Gasteiger partial charge >= 0.3 is 0 Å². The van der Waals surface area contributed by atoms with Crippen molar-refractivity contribution in [3.05, 3.63) is 364 Å². The fourth-order valence-corrected chi connectivity index (χ4v) is 18.2. The van der Waals surface area contributed by atoms with Crippen LogP contribution >= 0.6 is 0 Å². The van der Waals surface area contributed by atoms with Crippen LogP contribution in [0.3, 0.4) is 0 Å². The van der Waals surface area contributed by atoms with Crippen molar-refractivity contribution in [3.63, 3.8) is 0 Å². The zero-order chi connectivity index (χ0) is 71.1. The Morgan fingerprint density at radius 3 is 0.899 bits per heavy atom. The summed E-state index contributed by atoms with van der Waals surface area (Å²) in [6, 6.07) is 133. The normalized spacial score (nSPS) is 12.2. The van der Waals surface area contributed by atoms with Crippen LogP contribution in [-0.2, 0) is 0 Å². The lowest BCUT2D eigenvalue weighted by molar-refractivity contribution is 0.668. The van der Waals surface area contributed by atoms with E-state index in [-0.39, 0.29) is 0 Å². The summed E-state index contributed by atoms with van der Waals surface area (Å²) in [6.07, 6.45) is 0. The van der Waals surface area contributed by atoms with Crippen molar-refractivity contribution in [1.29, 1.82) is 0 Å². The van der Waals surface area contributed by atoms with Crippen molar-refractivity contribution in [2.24, 2.45) is 0 Å². The quantitative estimate of drug-likeness (QED) is 0.145. The van der Waals surface area contributed by atoms with E-state index in [9.17, 15) is 0 Å². The van der Waals surface area contributed by atoms with Gasteiger partial charge in [0, 0.05) is 98.2 Å². The van der Waals surface area contributed by atoms with E-state index in [1.54, 1.807) is 0 Å². The van der Waals surface area contributed by atoms with Crippen LogP contribution in [0.5, 0.6) is 0 Å². The lowest BCUT2D eigenvalue weighted by Crippen LogP contribution is -1.95. The summed E-state index contributed by atoms with van der Waals surface area (Å²) >= 11 is 0. The van der Waals surface area contributed by atoms with E-state index in [2.05, 4.69) is 364 Å². The number of furan rings is 3. The molecule has 109 heavy (non-hydrogen) atoms. The predicted octanol–water partition coefficient (Wildman–Crippen LogP) is 28.1. The summed E-state index contributed by atoms with van der Waals surface area (Å²) in [4.78, 5) is 0. The van der Waals surface area contributed by atoms with Gasteiger partial charge in [0.05, 0.1) is 44.1 Å². The van der Waals surface area contributed by atoms with Crippen LogP contribution in [0.1, 0.15) is 0 Å². The third-order valence-corrected chi connectivity index (χ3v) is 23.1. The van der Waals surface area contributed by atoms with E-state index in [4.69, 9.17) is 13.3 Å². The minimum atomic E-state index is 0.833. The van der Waals surface area contributed by atoms with Gasteiger partial charge in [-0.2, -0.15) is 0 Å². The monoisotopic (exact) mass is 1390 g/mol. The molecule has 17 aromatic carbocycles. The van der Waals surface area contributed by atoms with Crippen molar-refractivity contribution in [1.82, 2.24) is 18.3 Å². The smallest absolute Gasteiger partial charge is 0.136 e. The summed E-state index contributed by atoms with van der Waals surface area (Å²) in [6.45, 7) is 0. The van der Waals surface area contributed by atoms with Crippen LogP contribution < -0.4 is 0 Å². The van der Waals surface area contributed by atoms with E-state index in [1.165, 1.54) is 32.3 Å². The molecular weight excluding hydrogens is 1330 g/mol. The Hall–Kier alpha value is -14.7. The molecule has 0 aliphatic rings. The minimum Gasteiger partial charge on any atom is -0.456 e. The number of nitrogens with zero attached hydrogens (tertiary/aromatic N) is 4. The van der Waals surface area contributed by atoms with Gasteiger partial charge in [-0.25, -0.2) is 0 Å². The van der Waals surface area contributed by atoms with Crippen molar-refractivity contribution in [2.75, 3.05) is 0 Å². The SMILES string of the molecule is c1ccc(-n2c3ccc(-c4ccc5c(c4)oc4ccc(-c6cc7c8ccccc8n(-c8ccccc8)c7cc6-c6ccc7c(c6)c6ccccc6n7-c6ccc7oc8ccccc8c7c6)cc45)cc3c3cc(-c4cc5c(cc4-c4ccc6oc7ccccc7c6c4)c4ccccc4n5-c4ccccc4)ccc32)cc1. The molecule has 0 spiro atoms. The van der Waals surface area contributed by atoms with Gasteiger partial charge in [0.15, 0.2) is 0 Å². The maximum absolute atomic E-state index is 7.01. The van der Waals surface area contributed by atoms with Crippen LogP contribution in [0.15, 0.2) is 377 Å². The molecule has 7 nitrogen and oxygen atoms in total. The van der Waals surface area contributed by atoms with Crippen LogP contribution in [0.4, 0.5) is 0 Å². The van der Waals surface area contributed by atoms with Crippen molar-refractivity contribution in [3.8, 4) is 78.4 Å². The van der Waals surface area contributed by atoms with Gasteiger partial charge in [0.1, 0.15) is 33.5 Å². The van der Waals surface area contributed by atoms with Gasteiger partial charge in [-0.05, 0) is 238 Å². The van der Waals surface area contributed by atoms with E-state index in [0.29, 0.717) is 0 Å². The Labute approximate surface area is 623 Å². The molecular formula is C102H60N4O3. The van der Waals surface area contributed by atoms with Gasteiger partial charge in [-0.1, -0.05) is 182 Å². The van der Waals surface area contributed by atoms with Crippen LogP contribution in [-0.4, -0.2) is 18.3 Å². The number of aromatic nitrogens is 4. The second kappa shape index (κ2) is 22.9. The van der Waals surface area contributed by atoms with Gasteiger partial charge in [0.2, 0.25) is 0 Å². The second-order valence-electron chi connectivity index (χ2n) is 29.0. The molecule has 0 aliphatic heterocycles. The Morgan fingerprint density at radius 1 is 0.138 bits per heavy atom. The molecule has 0 amide bonds. The lowest BCUT2D eigenvalue weighted by atomic mass is 9.91. The molecule has 0 unspecified atom stereocenters. The molecule has 24 rings (SSSR count). The van der Waals surface area contributed by atoms with E-state index >= 15 is 0 Å². The molecule has 0 bridgehead atoms. The Bertz CT molecular complexity index is 7970. The standard InChI is InChI=1S/C102H60N4O3/c1-4-20-67(21-5-1)103-93-44-37-61(50-82(93)83-52-64(39-46-94(83)103)80-60-96-84(72-27-11-16-32-90(72)105(96)69-24-8-3-9-25-69)57-77(80)65-40-47-99-86(53-65)74-29-13-18-34-97(74)107-99)62-36-43-76-87-54-66(41-48-100(87)109-102(76)55-62)78-58-85-73-28-12-15-31-89(73)104(68-22-6-2-7-23-68)95(85)59-79(78)63-38-45-92-81(51-63)71-26-10-17-33-91(71)106(92)70-42-49-101-88(56-70)75-30-14-19-35-98(75)108-101/h1-60H. The van der Waals surface area contributed by atoms with Gasteiger partial charge in [0.25, 0.3) is 0 Å². The van der Waals surface area contributed by atoms with Crippen molar-refractivity contribution >= 4 is 153 Å². The molecule has 7 heterocycles. The molecule has 0 N–H and O–H groups in total. The van der Waals surface area contributed by atoms with Crippen LogP contribution in [0.2, 0.25) is 0 Å². The largest absolute Gasteiger partial charge is 0.456 e. The second-order valence-corrected chi connectivity index (χ2v) is 29.0. The van der Waals surface area contributed by atoms with Gasteiger partial charge in [-0.3, -0.25) is 0 Å². The maximum Gasteiger partial charge on any atom is 0.136 e. The summed E-state index contributed by atoms with van der Waals surface area (Å²) in [5, 5.41) is 16.0. The number of hydrogen-bond donors (Lipinski definition) is 0. The van der Waals surface area contributed by atoms with Crippen molar-refractivity contribution in [2.45, 2.75) is 0 Å². The summed E-state index contributed by atoms with van der Waals surface area (Å²) in [5.41, 5.74) is 30.0. The molecule has 0 saturated heterocycles. The Kier molecular flexibility index (Phi) is 12.6. The molecule has 24 aromatic rings. The fourth-order valence-electron chi connectivity index (χ4n) is 18.2. The first-order chi connectivity index (χ1) is 54.0. The Morgan fingerprint density at radius 2 is 0.422 bits per heavy atom. The van der Waals surface area contributed by atoms with Gasteiger partial charge < -0.3 is 31.5 Å². The number of rotatable bonds is 9. The number of fused-ring (bicyclic) bond motifs is 21. The summed E-state index contributed by atoms with van der Waals surface area (Å²) in [5.74, 6) is 0. The zero-order valence-corrected chi connectivity index (χ0v) is 58.7. The number of para-hydroxylation sites is 8. The minimum absolute atomic E-state index is 0.833. The van der Waals surface area contributed by atoms with Crippen molar-refractivity contribution < 1.29 is 13.3 Å². The average molecular weight is 1390 g/mol. The summed E-state index contributed by atoms with van der Waals surface area (Å²) in [7, 11) is 0. The first-order valence-corrected chi connectivity index (χ1v) is 37.3. The maximum atomic E-state index is 7.01. The molecule has 0 fully saturated rings. The van der Waals surface area contributed by atoms with E-state index in [1.807, 2.05) is 18.2 Å². The first kappa shape index (κ1) is 59.7. The van der Waals surface area contributed by atoms with Crippen LogP contribution in [0.25, 0.3) is 231 Å². The molecule has 7 aromatic heterocycles. The molecule has 506 valence electrons. The van der Waals surface area contributed by atoms with Crippen LogP contribution in [0, 0.1) is 0 Å². The first-order valence-electron chi connectivity index (χ1n) is 37.3. The summed E-state index contributed by atoms with van der Waals surface area (Å²) < 4.78 is 29.4. The highest BCUT2D eigenvalue weighted by Crippen LogP contribution is 2.49. The Balaban J connectivity index is 0.666. The highest BCUT2D eigenvalue weighted by Gasteiger charge is 2.25. The molecule has 0 radical (unpaired) electrons. The third kappa shape index (κ3) is 8.93. The molecule has 0 saturated carbocycles. The highest BCUT2D eigenvalue weighted by molar-refractivity contribution is 6.19. The van der Waals surface area contributed by atoms with E-state index in [0.717, 1.165) is 199 Å². The molecule has 0 aliphatic carbocycles. The third-order valence-electron chi connectivity index (χ3n) is 23.1. The number of hydrogen-bond acceptors (Lipinski definition) is 3. The van der Waals surface area contributed by atoms with Gasteiger partial charge in [-0.15, -0.1) is 0 Å². The number of benzene rings is 17. The molecule has 0 atom stereocenters. The highest BCUT2D eigenvalue weighted by atomic mass is 16.3. The van der Waals surface area contributed by atoms with E-state index < -0.39 is 0 Å². The lowest BCUT2D eigenvalue weighted by Gasteiger charge is -2.14. The zero-order valence-electron chi connectivity index (χ0n) is 58.7. The molecule has 7 heteroatoms. The topological polar surface area (TPSA) is 59.1 Å². The average Bonchev–Trinajstić information content (AvgIpc) is 1.58. The predicted molar refractivity (Wildman–Crippen MR) is 453 cm³/mol. The fraction of sp³-hybridized carbons (Fsp3) is 0.